The summed E-state index contributed by atoms with van der Waals surface area (Å²) in [6.07, 6.45) is 1.87. The molecule has 4 heteroatoms. The van der Waals surface area contributed by atoms with Crippen molar-refractivity contribution in [3.8, 4) is 0 Å². The van der Waals surface area contributed by atoms with Crippen LogP contribution >= 0.6 is 0 Å². The van der Waals surface area contributed by atoms with E-state index in [4.69, 9.17) is 4.74 Å². The molecule has 0 spiro atoms. The maximum absolute atomic E-state index is 12.2. The van der Waals surface area contributed by atoms with Crippen LogP contribution in [0.5, 0.6) is 0 Å². The molecule has 0 saturated carbocycles. The van der Waals surface area contributed by atoms with Crippen molar-refractivity contribution >= 4 is 28.8 Å². The van der Waals surface area contributed by atoms with Gasteiger partial charge in [-0.3, -0.25) is 9.69 Å². The summed E-state index contributed by atoms with van der Waals surface area (Å²) in [5.74, 6) is -0.240. The summed E-state index contributed by atoms with van der Waals surface area (Å²) in [6.45, 7) is 0. The molecule has 0 saturated heterocycles. The highest BCUT2D eigenvalue weighted by Crippen LogP contribution is 2.43. The van der Waals surface area contributed by atoms with Gasteiger partial charge in [0.05, 0.1) is 12.8 Å². The Kier molecular flexibility index (Phi) is 4.01. The Bertz CT molecular complexity index is 1030. The fourth-order valence-electron chi connectivity index (χ4n) is 3.62. The number of hydrogen-bond donors (Lipinski definition) is 0. The predicted octanol–water partition coefficient (Wildman–Crippen LogP) is 4.64. The number of ether oxygens (including phenoxy) is 1. The highest BCUT2D eigenvalue weighted by atomic mass is 16.5. The van der Waals surface area contributed by atoms with E-state index in [0.717, 1.165) is 33.9 Å². The van der Waals surface area contributed by atoms with E-state index >= 15 is 0 Å². The first kappa shape index (κ1) is 16.1. The third-order valence-electron chi connectivity index (χ3n) is 4.76. The molecule has 128 valence electrons. The molecule has 1 atom stereocenters. The molecule has 0 radical (unpaired) electrons. The quantitative estimate of drug-likeness (QED) is 0.637. The fraction of sp³-hybridized carbons (Fsp3) is 0.0909. The van der Waals surface area contributed by atoms with Crippen LogP contribution < -0.4 is 4.90 Å². The van der Waals surface area contributed by atoms with Crippen LogP contribution in [0.1, 0.15) is 17.0 Å². The Labute approximate surface area is 151 Å². The SMILES string of the molecule is COC(=O)N1C=C(C=O)[C@H](c2cccc3ccccc23)c2ccccc21. The Morgan fingerprint density at radius 1 is 0.962 bits per heavy atom. The number of amides is 1. The van der Waals surface area contributed by atoms with Crippen LogP contribution in [-0.4, -0.2) is 19.5 Å². The van der Waals surface area contributed by atoms with Gasteiger partial charge >= 0.3 is 6.09 Å². The molecular weight excluding hydrogens is 326 g/mol. The van der Waals surface area contributed by atoms with Gasteiger partial charge in [0.25, 0.3) is 0 Å². The van der Waals surface area contributed by atoms with E-state index < -0.39 is 6.09 Å². The average molecular weight is 343 g/mol. The molecule has 1 aliphatic rings. The van der Waals surface area contributed by atoms with Gasteiger partial charge in [0, 0.05) is 17.7 Å². The number of methoxy groups -OCH3 is 1. The van der Waals surface area contributed by atoms with Crippen molar-refractivity contribution in [3.63, 3.8) is 0 Å². The summed E-state index contributed by atoms with van der Waals surface area (Å²) >= 11 is 0. The molecule has 0 unspecified atom stereocenters. The zero-order chi connectivity index (χ0) is 18.1. The Balaban J connectivity index is 1.98. The van der Waals surface area contributed by atoms with Gasteiger partial charge in [-0.2, -0.15) is 0 Å². The lowest BCUT2D eigenvalue weighted by atomic mass is 9.80. The van der Waals surface area contributed by atoms with Crippen molar-refractivity contribution in [1.29, 1.82) is 0 Å². The van der Waals surface area contributed by atoms with Gasteiger partial charge in [0.2, 0.25) is 0 Å². The normalized spacial score (nSPS) is 16.0. The van der Waals surface area contributed by atoms with E-state index in [1.54, 1.807) is 6.20 Å². The van der Waals surface area contributed by atoms with Gasteiger partial charge in [-0.05, 0) is 28.0 Å². The number of para-hydroxylation sites is 1. The first-order chi connectivity index (χ1) is 12.7. The molecule has 0 bridgehead atoms. The van der Waals surface area contributed by atoms with Crippen LogP contribution in [0.2, 0.25) is 0 Å². The van der Waals surface area contributed by atoms with E-state index in [-0.39, 0.29) is 5.92 Å². The van der Waals surface area contributed by atoms with E-state index in [1.165, 1.54) is 12.0 Å². The van der Waals surface area contributed by atoms with Crippen molar-refractivity contribution in [2.45, 2.75) is 5.92 Å². The lowest BCUT2D eigenvalue weighted by molar-refractivity contribution is -0.105. The smallest absolute Gasteiger partial charge is 0.418 e. The lowest BCUT2D eigenvalue weighted by Crippen LogP contribution is -2.31. The number of benzene rings is 3. The molecule has 1 aliphatic heterocycles. The average Bonchev–Trinajstić information content (AvgIpc) is 2.71. The number of carbonyl (C=O) groups is 2. The van der Waals surface area contributed by atoms with Crippen LogP contribution in [0.3, 0.4) is 0 Å². The molecule has 26 heavy (non-hydrogen) atoms. The number of fused-ring (bicyclic) bond motifs is 2. The lowest BCUT2D eigenvalue weighted by Gasteiger charge is -2.31. The van der Waals surface area contributed by atoms with Gasteiger partial charge in [-0.25, -0.2) is 4.79 Å². The molecule has 4 nitrogen and oxygen atoms in total. The van der Waals surface area contributed by atoms with E-state index in [1.807, 2.05) is 48.5 Å². The highest BCUT2D eigenvalue weighted by Gasteiger charge is 2.32. The van der Waals surface area contributed by atoms with Gasteiger partial charge in [0.1, 0.15) is 6.29 Å². The topological polar surface area (TPSA) is 46.6 Å². The largest absolute Gasteiger partial charge is 0.452 e. The second-order valence-electron chi connectivity index (χ2n) is 6.15. The molecule has 1 heterocycles. The molecule has 3 aromatic rings. The van der Waals surface area contributed by atoms with Gasteiger partial charge in [0.15, 0.2) is 0 Å². The summed E-state index contributed by atoms with van der Waals surface area (Å²) in [7, 11) is 1.33. The molecule has 1 amide bonds. The van der Waals surface area contributed by atoms with Crippen molar-refractivity contribution in [1.82, 2.24) is 0 Å². The number of carbonyl (C=O) groups excluding carboxylic acids is 2. The minimum Gasteiger partial charge on any atom is -0.452 e. The van der Waals surface area contributed by atoms with Crippen LogP contribution in [-0.2, 0) is 9.53 Å². The van der Waals surface area contributed by atoms with Gasteiger partial charge in [-0.15, -0.1) is 0 Å². The molecule has 4 rings (SSSR count). The number of hydrogen-bond acceptors (Lipinski definition) is 3. The van der Waals surface area contributed by atoms with Crippen molar-refractivity contribution in [2.75, 3.05) is 12.0 Å². The zero-order valence-electron chi connectivity index (χ0n) is 14.3. The third-order valence-corrected chi connectivity index (χ3v) is 4.76. The zero-order valence-corrected chi connectivity index (χ0v) is 14.3. The summed E-state index contributed by atoms with van der Waals surface area (Å²) in [5.41, 5.74) is 3.19. The number of aldehydes is 1. The number of allylic oxidation sites excluding steroid dienone is 1. The van der Waals surface area contributed by atoms with Crippen molar-refractivity contribution in [2.24, 2.45) is 0 Å². The van der Waals surface area contributed by atoms with Crippen LogP contribution in [0.15, 0.2) is 78.5 Å². The molecule has 0 aromatic heterocycles. The highest BCUT2D eigenvalue weighted by molar-refractivity contribution is 5.97. The first-order valence-corrected chi connectivity index (χ1v) is 8.35. The van der Waals surface area contributed by atoms with E-state index in [9.17, 15) is 9.59 Å². The molecule has 3 aromatic carbocycles. The maximum atomic E-state index is 12.2. The summed E-state index contributed by atoms with van der Waals surface area (Å²) in [4.78, 5) is 25.5. The van der Waals surface area contributed by atoms with E-state index in [0.29, 0.717) is 5.57 Å². The van der Waals surface area contributed by atoms with Gasteiger partial charge in [-0.1, -0.05) is 60.7 Å². The minimum absolute atomic E-state index is 0.240. The second kappa shape index (κ2) is 6.48. The number of nitrogens with zero attached hydrogens (tertiary/aromatic N) is 1. The van der Waals surface area contributed by atoms with E-state index in [2.05, 4.69) is 18.2 Å². The van der Waals surface area contributed by atoms with Crippen LogP contribution in [0.25, 0.3) is 10.8 Å². The second-order valence-corrected chi connectivity index (χ2v) is 6.15. The Morgan fingerprint density at radius 2 is 1.65 bits per heavy atom. The van der Waals surface area contributed by atoms with Gasteiger partial charge < -0.3 is 4.74 Å². The fourth-order valence-corrected chi connectivity index (χ4v) is 3.62. The maximum Gasteiger partial charge on any atom is 0.418 e. The molecule has 0 aliphatic carbocycles. The summed E-state index contributed by atoms with van der Waals surface area (Å²) in [6, 6.07) is 21.8. The Hall–Kier alpha value is -3.40. The van der Waals surface area contributed by atoms with Crippen LogP contribution in [0, 0.1) is 0 Å². The first-order valence-electron chi connectivity index (χ1n) is 8.35. The molecule has 0 N–H and O–H groups in total. The monoisotopic (exact) mass is 343 g/mol. The van der Waals surface area contributed by atoms with Crippen LogP contribution in [0.4, 0.5) is 10.5 Å². The van der Waals surface area contributed by atoms with Crippen molar-refractivity contribution in [3.05, 3.63) is 89.6 Å². The number of anilines is 1. The Morgan fingerprint density at radius 3 is 2.46 bits per heavy atom. The summed E-state index contributed by atoms with van der Waals surface area (Å²) in [5, 5.41) is 2.21. The predicted molar refractivity (Wildman–Crippen MR) is 101 cm³/mol. The molecular formula is C22H17NO3. The molecule has 0 fully saturated rings. The number of rotatable bonds is 2. The standard InChI is InChI=1S/C22H17NO3/c1-26-22(25)23-13-16(14-24)21(19-10-4-5-12-20(19)23)18-11-6-8-15-7-2-3-9-17(15)18/h2-14,21H,1H3/t21-/m1/s1. The van der Waals surface area contributed by atoms with Crippen molar-refractivity contribution < 1.29 is 14.3 Å². The summed E-state index contributed by atoms with van der Waals surface area (Å²) < 4.78 is 4.88. The third kappa shape index (κ3) is 2.47. The minimum atomic E-state index is -0.520.